The van der Waals surface area contributed by atoms with E-state index in [4.69, 9.17) is 15.3 Å². The zero-order valence-electron chi connectivity index (χ0n) is 17.2. The first-order valence-corrected chi connectivity index (χ1v) is 9.10. The summed E-state index contributed by atoms with van der Waals surface area (Å²) in [6.07, 6.45) is -7.54. The number of rotatable bonds is 16. The predicted octanol–water partition coefficient (Wildman–Crippen LogP) is -7.71. The van der Waals surface area contributed by atoms with Crippen LogP contribution < -0.4 is 16.0 Å². The van der Waals surface area contributed by atoms with Gasteiger partial charge in [-0.15, -0.1) is 0 Å². The number of carbonyl (C=O) groups is 2. The van der Waals surface area contributed by atoms with Crippen molar-refractivity contribution in [3.8, 4) is 0 Å². The van der Waals surface area contributed by atoms with Crippen molar-refractivity contribution in [2.75, 3.05) is 39.4 Å². The molecule has 2 amide bonds. The lowest BCUT2D eigenvalue weighted by Gasteiger charge is -2.21. The summed E-state index contributed by atoms with van der Waals surface area (Å²) in [5, 5.41) is 72.4. The van der Waals surface area contributed by atoms with Crippen molar-refractivity contribution < 1.29 is 61.8 Å². The van der Waals surface area contributed by atoms with Crippen molar-refractivity contribution in [2.45, 2.75) is 49.8 Å². The normalized spacial score (nSPS) is 15.1. The minimum atomic E-state index is -1.82. The number of aliphatic hydroxyl groups excluding tert-OH is 7. The Kier molecular flexibility index (Phi) is 25.8. The molecule has 5 atom stereocenters. The zero-order chi connectivity index (χ0) is 21.5. The molecule has 0 unspecified atom stereocenters. The van der Waals surface area contributed by atoms with Crippen LogP contribution in [-0.4, -0.2) is 134 Å². The Morgan fingerprint density at radius 3 is 1.84 bits per heavy atom. The van der Waals surface area contributed by atoms with Crippen LogP contribution in [0.25, 0.3) is 0 Å². The third kappa shape index (κ3) is 17.8. The average Bonchev–Trinajstić information content (AvgIpc) is 2.65. The molecule has 0 saturated carbocycles. The molecule has 0 fully saturated rings. The SMILES string of the molecule is O.O.O.O=C(C[C@@H](O)C[C@H](O)CO)NCCNCCNC(=O)[C@H](O)[C@@H](O)[C@H](O)CCO. The second kappa shape index (κ2) is 21.7. The van der Waals surface area contributed by atoms with Crippen molar-refractivity contribution in [2.24, 2.45) is 0 Å². The van der Waals surface area contributed by atoms with E-state index in [1.54, 1.807) is 0 Å². The van der Waals surface area contributed by atoms with Crippen molar-refractivity contribution in [1.29, 1.82) is 0 Å². The van der Waals surface area contributed by atoms with Gasteiger partial charge in [0.15, 0.2) is 6.10 Å². The topological polar surface area (TPSA) is 306 Å². The van der Waals surface area contributed by atoms with Crippen molar-refractivity contribution in [3.63, 3.8) is 0 Å². The van der Waals surface area contributed by atoms with E-state index in [1.165, 1.54) is 0 Å². The van der Waals surface area contributed by atoms with Gasteiger partial charge in [0.25, 0.3) is 5.91 Å². The van der Waals surface area contributed by atoms with Crippen molar-refractivity contribution >= 4 is 11.8 Å². The highest BCUT2D eigenvalue weighted by atomic mass is 16.4. The van der Waals surface area contributed by atoms with Crippen LogP contribution >= 0.6 is 0 Å². The van der Waals surface area contributed by atoms with E-state index in [0.29, 0.717) is 13.1 Å². The Balaban J connectivity index is -0.00000121. The van der Waals surface area contributed by atoms with Gasteiger partial charge >= 0.3 is 0 Å². The Hall–Kier alpha value is -1.50. The summed E-state index contributed by atoms with van der Waals surface area (Å²) in [7, 11) is 0. The maximum atomic E-state index is 11.6. The van der Waals surface area contributed by atoms with Crippen LogP contribution in [0.4, 0.5) is 0 Å². The fraction of sp³-hybridized carbons (Fsp3) is 0.875. The summed E-state index contributed by atoms with van der Waals surface area (Å²) in [4.78, 5) is 23.2. The monoisotopic (exact) mass is 465 g/mol. The predicted molar refractivity (Wildman–Crippen MR) is 108 cm³/mol. The van der Waals surface area contributed by atoms with E-state index in [9.17, 15) is 30.0 Å². The molecule has 0 radical (unpaired) electrons. The molecule has 0 bridgehead atoms. The maximum Gasteiger partial charge on any atom is 0.251 e. The fourth-order valence-electron chi connectivity index (χ4n) is 2.22. The van der Waals surface area contributed by atoms with Gasteiger partial charge in [0.1, 0.15) is 6.10 Å². The van der Waals surface area contributed by atoms with Gasteiger partial charge < -0.3 is 68.1 Å². The van der Waals surface area contributed by atoms with Crippen LogP contribution in [0.2, 0.25) is 0 Å². The molecule has 0 aliphatic carbocycles. The number of amides is 2. The summed E-state index contributed by atoms with van der Waals surface area (Å²) < 4.78 is 0. The number of hydrogen-bond donors (Lipinski definition) is 10. The molecule has 0 spiro atoms. The zero-order valence-corrected chi connectivity index (χ0v) is 17.2. The molecule has 0 rings (SSSR count). The van der Waals surface area contributed by atoms with Crippen LogP contribution in [0.15, 0.2) is 0 Å². The molecule has 0 aromatic heterocycles. The summed E-state index contributed by atoms with van der Waals surface area (Å²) >= 11 is 0. The lowest BCUT2D eigenvalue weighted by Crippen LogP contribution is -2.48. The van der Waals surface area contributed by atoms with E-state index in [2.05, 4.69) is 16.0 Å². The summed E-state index contributed by atoms with van der Waals surface area (Å²) in [6, 6.07) is 0. The maximum absolute atomic E-state index is 11.6. The molecule has 0 aliphatic heterocycles. The Morgan fingerprint density at radius 2 is 1.32 bits per heavy atom. The van der Waals surface area contributed by atoms with Crippen LogP contribution in [0.1, 0.15) is 19.3 Å². The average molecular weight is 465 g/mol. The number of aliphatic hydroxyl groups is 7. The summed E-state index contributed by atoms with van der Waals surface area (Å²) in [5.74, 6) is -1.27. The van der Waals surface area contributed by atoms with Crippen LogP contribution in [0.3, 0.4) is 0 Å². The van der Waals surface area contributed by atoms with E-state index in [1.807, 2.05) is 0 Å². The summed E-state index contributed by atoms with van der Waals surface area (Å²) in [6.45, 7) is 0.197. The van der Waals surface area contributed by atoms with E-state index in [0.717, 1.165) is 0 Å². The lowest BCUT2D eigenvalue weighted by molar-refractivity contribution is -0.141. The van der Waals surface area contributed by atoms with Crippen LogP contribution in [0, 0.1) is 0 Å². The molecule has 0 saturated heterocycles. The van der Waals surface area contributed by atoms with Gasteiger partial charge in [-0.3, -0.25) is 9.59 Å². The third-order valence-corrected chi connectivity index (χ3v) is 3.81. The molecule has 16 N–H and O–H groups in total. The molecule has 15 nitrogen and oxygen atoms in total. The first-order valence-electron chi connectivity index (χ1n) is 9.10. The highest BCUT2D eigenvalue weighted by Crippen LogP contribution is 2.04. The minimum Gasteiger partial charge on any atom is -0.412 e. The lowest BCUT2D eigenvalue weighted by atomic mass is 10.1. The van der Waals surface area contributed by atoms with Gasteiger partial charge in [-0.2, -0.15) is 0 Å². The number of carbonyl (C=O) groups excluding carboxylic acids is 2. The fourth-order valence-corrected chi connectivity index (χ4v) is 2.22. The second-order valence-electron chi connectivity index (χ2n) is 6.34. The molecular weight excluding hydrogens is 426 g/mol. The van der Waals surface area contributed by atoms with Gasteiger partial charge in [-0.25, -0.2) is 0 Å². The Bertz CT molecular complexity index is 446. The van der Waals surface area contributed by atoms with Crippen LogP contribution in [-0.2, 0) is 9.59 Å². The third-order valence-electron chi connectivity index (χ3n) is 3.81. The first-order chi connectivity index (χ1) is 13.2. The number of hydrogen-bond acceptors (Lipinski definition) is 10. The first kappa shape index (κ1) is 36.8. The van der Waals surface area contributed by atoms with E-state index in [-0.39, 0.29) is 48.8 Å². The van der Waals surface area contributed by atoms with Gasteiger partial charge in [-0.05, 0) is 6.42 Å². The molecule has 0 aromatic rings. The molecule has 15 heteroatoms. The molecular formula is C16H39N3O12. The molecule has 0 heterocycles. The van der Waals surface area contributed by atoms with Gasteiger partial charge in [0.2, 0.25) is 5.91 Å². The van der Waals surface area contributed by atoms with E-state index >= 15 is 0 Å². The molecule has 31 heavy (non-hydrogen) atoms. The quantitative estimate of drug-likeness (QED) is 0.0959. The van der Waals surface area contributed by atoms with Crippen molar-refractivity contribution in [1.82, 2.24) is 16.0 Å². The van der Waals surface area contributed by atoms with Gasteiger partial charge in [0, 0.05) is 39.2 Å². The highest BCUT2D eigenvalue weighted by Gasteiger charge is 2.29. The smallest absolute Gasteiger partial charge is 0.251 e. The minimum absolute atomic E-state index is 0. The highest BCUT2D eigenvalue weighted by molar-refractivity contribution is 5.81. The molecule has 0 aliphatic rings. The van der Waals surface area contributed by atoms with Gasteiger partial charge in [-0.1, -0.05) is 0 Å². The second-order valence-corrected chi connectivity index (χ2v) is 6.34. The van der Waals surface area contributed by atoms with Gasteiger partial charge in [0.05, 0.1) is 31.3 Å². The Morgan fingerprint density at radius 1 is 0.774 bits per heavy atom. The number of nitrogens with one attached hydrogen (secondary N) is 3. The standard InChI is InChI=1S/C16H33N3O9.3H2O/c20-6-1-12(24)14(26)15(27)16(28)19-5-3-17-2-4-18-13(25)8-10(22)7-11(23)9-21;;;/h10-12,14-15,17,20-24,26-27H,1-9H2,(H,18,25)(H,19,28);3*1H2/t10-,11-,12+,14-,15+;;;/m0.../s1. The largest absolute Gasteiger partial charge is 0.412 e. The van der Waals surface area contributed by atoms with E-state index < -0.39 is 55.5 Å². The van der Waals surface area contributed by atoms with Crippen molar-refractivity contribution in [3.05, 3.63) is 0 Å². The molecule has 0 aromatic carbocycles. The Labute approximate surface area is 179 Å². The molecule has 190 valence electrons. The summed E-state index contributed by atoms with van der Waals surface area (Å²) in [5.41, 5.74) is 0. The van der Waals surface area contributed by atoms with Crippen LogP contribution in [0.5, 0.6) is 0 Å².